The number of nitrogens with zero attached hydrogens (tertiary/aromatic N) is 2. The van der Waals surface area contributed by atoms with Crippen LogP contribution in [0.1, 0.15) is 13.8 Å². The minimum atomic E-state index is -4.00. The molecule has 18 heavy (non-hydrogen) atoms. The van der Waals surface area contributed by atoms with Gasteiger partial charge >= 0.3 is 16.3 Å². The molecule has 0 saturated carbocycles. The molecule has 0 fully saturated rings. The Kier molecular flexibility index (Phi) is 6.41. The van der Waals surface area contributed by atoms with Crippen molar-refractivity contribution >= 4 is 22.1 Å². The highest BCUT2D eigenvalue weighted by molar-refractivity contribution is 7.87. The minimum Gasteiger partial charge on any atom is -0.452 e. The summed E-state index contributed by atoms with van der Waals surface area (Å²) in [4.78, 5) is 10.9. The summed E-state index contributed by atoms with van der Waals surface area (Å²) >= 11 is 0. The lowest BCUT2D eigenvalue weighted by molar-refractivity contribution is 0.177. The second-order valence-corrected chi connectivity index (χ2v) is 5.15. The van der Waals surface area contributed by atoms with Crippen LogP contribution in [-0.2, 0) is 14.9 Å². The SMILES string of the molecule is CCN(CC(C)C(N)=NO)S(=O)(=O)NC(=O)OC. The third kappa shape index (κ3) is 4.75. The van der Waals surface area contributed by atoms with Crippen LogP contribution in [0, 0.1) is 5.92 Å². The van der Waals surface area contributed by atoms with E-state index >= 15 is 0 Å². The Bertz CT molecular complexity index is 408. The molecule has 0 aliphatic rings. The number of carbonyl (C=O) groups excluding carboxylic acids is 1. The molecule has 0 saturated heterocycles. The molecule has 0 aliphatic carbocycles. The molecule has 0 rings (SSSR count). The molecule has 0 aromatic carbocycles. The molecule has 0 aliphatic heterocycles. The van der Waals surface area contributed by atoms with Crippen molar-refractivity contribution in [3.05, 3.63) is 0 Å². The number of rotatable bonds is 6. The van der Waals surface area contributed by atoms with Gasteiger partial charge < -0.3 is 15.7 Å². The Morgan fingerprint density at radius 1 is 1.61 bits per heavy atom. The van der Waals surface area contributed by atoms with Crippen LogP contribution in [0.5, 0.6) is 0 Å². The lowest BCUT2D eigenvalue weighted by Gasteiger charge is -2.22. The number of methoxy groups -OCH3 is 1. The van der Waals surface area contributed by atoms with Crippen molar-refractivity contribution in [2.75, 3.05) is 20.2 Å². The topological polar surface area (TPSA) is 134 Å². The van der Waals surface area contributed by atoms with Crippen LogP contribution in [0.25, 0.3) is 0 Å². The van der Waals surface area contributed by atoms with Crippen LogP contribution < -0.4 is 10.5 Å². The molecule has 0 heterocycles. The maximum absolute atomic E-state index is 11.7. The highest BCUT2D eigenvalue weighted by Crippen LogP contribution is 2.05. The summed E-state index contributed by atoms with van der Waals surface area (Å²) in [6, 6.07) is 0. The van der Waals surface area contributed by atoms with Gasteiger partial charge in [-0.1, -0.05) is 19.0 Å². The third-order valence-electron chi connectivity index (χ3n) is 2.19. The van der Waals surface area contributed by atoms with E-state index in [4.69, 9.17) is 10.9 Å². The number of nitrogens with two attached hydrogens (primary N) is 1. The summed E-state index contributed by atoms with van der Waals surface area (Å²) < 4.78 is 30.4. The quantitative estimate of drug-likeness (QED) is 0.255. The molecule has 0 radical (unpaired) electrons. The molecule has 10 heteroatoms. The van der Waals surface area contributed by atoms with E-state index in [1.165, 1.54) is 0 Å². The highest BCUT2D eigenvalue weighted by atomic mass is 32.2. The maximum Gasteiger partial charge on any atom is 0.421 e. The van der Waals surface area contributed by atoms with Crippen molar-refractivity contribution in [1.29, 1.82) is 0 Å². The molecule has 4 N–H and O–H groups in total. The second-order valence-electron chi connectivity index (χ2n) is 3.48. The summed E-state index contributed by atoms with van der Waals surface area (Å²) in [5.41, 5.74) is 5.36. The zero-order valence-electron chi connectivity index (χ0n) is 10.5. The molecular weight excluding hydrogens is 264 g/mol. The van der Waals surface area contributed by atoms with E-state index in [9.17, 15) is 13.2 Å². The van der Waals surface area contributed by atoms with Gasteiger partial charge in [0.1, 0.15) is 5.84 Å². The van der Waals surface area contributed by atoms with E-state index in [2.05, 4.69) is 9.89 Å². The molecule has 9 nitrogen and oxygen atoms in total. The highest BCUT2D eigenvalue weighted by Gasteiger charge is 2.25. The third-order valence-corrected chi connectivity index (χ3v) is 3.70. The molecule has 0 spiro atoms. The lowest BCUT2D eigenvalue weighted by Crippen LogP contribution is -2.46. The Balaban J connectivity index is 4.82. The zero-order valence-corrected chi connectivity index (χ0v) is 11.3. The van der Waals surface area contributed by atoms with E-state index in [0.29, 0.717) is 0 Å². The van der Waals surface area contributed by atoms with E-state index in [0.717, 1.165) is 11.4 Å². The van der Waals surface area contributed by atoms with E-state index < -0.39 is 22.2 Å². The Morgan fingerprint density at radius 3 is 2.56 bits per heavy atom. The fourth-order valence-corrected chi connectivity index (χ4v) is 2.29. The van der Waals surface area contributed by atoms with Gasteiger partial charge in [-0.25, -0.2) is 9.52 Å². The van der Waals surface area contributed by atoms with Gasteiger partial charge in [-0.3, -0.25) is 0 Å². The number of hydrogen-bond acceptors (Lipinski definition) is 6. The van der Waals surface area contributed by atoms with Gasteiger partial charge in [-0.15, -0.1) is 0 Å². The first-order chi connectivity index (χ1) is 8.28. The van der Waals surface area contributed by atoms with Crippen LogP contribution in [-0.4, -0.2) is 50.1 Å². The molecular formula is C8H18N4O5S. The standard InChI is InChI=1S/C8H18N4O5S/c1-4-12(5-6(2)7(9)10-14)18(15,16)11-8(13)17-3/h6,14H,4-5H2,1-3H3,(H2,9,10)(H,11,13). The van der Waals surface area contributed by atoms with Gasteiger partial charge in [-0.2, -0.15) is 12.7 Å². The van der Waals surface area contributed by atoms with Gasteiger partial charge in [0.25, 0.3) is 0 Å². The first kappa shape index (κ1) is 16.4. The van der Waals surface area contributed by atoms with Crippen molar-refractivity contribution in [3.8, 4) is 0 Å². The van der Waals surface area contributed by atoms with Crippen LogP contribution >= 0.6 is 0 Å². The molecule has 1 unspecified atom stereocenters. The summed E-state index contributed by atoms with van der Waals surface area (Å²) in [6.45, 7) is 3.27. The molecule has 106 valence electrons. The van der Waals surface area contributed by atoms with E-state index in [-0.39, 0.29) is 18.9 Å². The van der Waals surface area contributed by atoms with Gasteiger partial charge in [-0.05, 0) is 0 Å². The lowest BCUT2D eigenvalue weighted by atomic mass is 10.1. The number of hydrogen-bond donors (Lipinski definition) is 3. The fourth-order valence-electron chi connectivity index (χ4n) is 1.11. The first-order valence-electron chi connectivity index (χ1n) is 5.11. The number of oxime groups is 1. The average Bonchev–Trinajstić information content (AvgIpc) is 2.33. The predicted octanol–water partition coefficient (Wildman–Crippen LogP) is -0.708. The first-order valence-corrected chi connectivity index (χ1v) is 6.55. The van der Waals surface area contributed by atoms with Crippen LogP contribution in [0.15, 0.2) is 5.16 Å². The van der Waals surface area contributed by atoms with Crippen molar-refractivity contribution < 1.29 is 23.2 Å². The van der Waals surface area contributed by atoms with Crippen molar-refractivity contribution in [3.63, 3.8) is 0 Å². The van der Waals surface area contributed by atoms with Gasteiger partial charge in [0.15, 0.2) is 0 Å². The Labute approximate surface area is 106 Å². The predicted molar refractivity (Wildman–Crippen MR) is 64.3 cm³/mol. The summed E-state index contributed by atoms with van der Waals surface area (Å²) in [7, 11) is -2.95. The molecule has 0 aromatic heterocycles. The summed E-state index contributed by atoms with van der Waals surface area (Å²) in [6.07, 6.45) is -1.08. The summed E-state index contributed by atoms with van der Waals surface area (Å²) in [5, 5.41) is 11.3. The van der Waals surface area contributed by atoms with Gasteiger partial charge in [0, 0.05) is 19.0 Å². The fraction of sp³-hybridized carbons (Fsp3) is 0.750. The molecule has 0 bridgehead atoms. The van der Waals surface area contributed by atoms with Crippen LogP contribution in [0.3, 0.4) is 0 Å². The van der Waals surface area contributed by atoms with E-state index in [1.54, 1.807) is 18.6 Å². The van der Waals surface area contributed by atoms with Gasteiger partial charge in [0.05, 0.1) is 7.11 Å². The number of ether oxygens (including phenoxy) is 1. The Hall–Kier alpha value is -1.55. The summed E-state index contributed by atoms with van der Waals surface area (Å²) in [5.74, 6) is -0.592. The molecule has 0 aromatic rings. The Morgan fingerprint density at radius 2 is 2.17 bits per heavy atom. The van der Waals surface area contributed by atoms with Crippen molar-refractivity contribution in [2.45, 2.75) is 13.8 Å². The van der Waals surface area contributed by atoms with Crippen molar-refractivity contribution in [1.82, 2.24) is 9.03 Å². The van der Waals surface area contributed by atoms with Crippen LogP contribution in [0.2, 0.25) is 0 Å². The minimum absolute atomic E-state index is 0.0290. The second kappa shape index (κ2) is 7.01. The van der Waals surface area contributed by atoms with Gasteiger partial charge in [0.2, 0.25) is 0 Å². The monoisotopic (exact) mass is 282 g/mol. The number of amides is 1. The van der Waals surface area contributed by atoms with E-state index in [1.807, 2.05) is 0 Å². The largest absolute Gasteiger partial charge is 0.452 e. The van der Waals surface area contributed by atoms with Crippen LogP contribution in [0.4, 0.5) is 4.79 Å². The number of carbonyl (C=O) groups is 1. The zero-order chi connectivity index (χ0) is 14.3. The van der Waals surface area contributed by atoms with Crippen molar-refractivity contribution in [2.24, 2.45) is 16.8 Å². The number of amidine groups is 1. The smallest absolute Gasteiger partial charge is 0.421 e. The molecule has 1 atom stereocenters. The molecule has 1 amide bonds. The average molecular weight is 282 g/mol. The number of nitrogens with one attached hydrogen (secondary N) is 1. The maximum atomic E-state index is 11.7. The normalized spacial score (nSPS) is 14.3.